The van der Waals surface area contributed by atoms with Crippen molar-refractivity contribution in [3.05, 3.63) is 41.7 Å². The molecule has 0 N–H and O–H groups in total. The van der Waals surface area contributed by atoms with E-state index < -0.39 is 0 Å². The van der Waals surface area contributed by atoms with E-state index in [0.29, 0.717) is 32.6 Å². The van der Waals surface area contributed by atoms with E-state index in [-0.39, 0.29) is 24.1 Å². The molecule has 1 saturated heterocycles. The number of carbonyl (C=O) groups is 2. The van der Waals surface area contributed by atoms with Crippen molar-refractivity contribution in [2.45, 2.75) is 12.8 Å². The highest BCUT2D eigenvalue weighted by atomic mass is 19.1. The van der Waals surface area contributed by atoms with Crippen molar-refractivity contribution in [2.24, 2.45) is 0 Å². The van der Waals surface area contributed by atoms with Gasteiger partial charge in [0.1, 0.15) is 12.2 Å². The molecule has 120 valence electrons. The number of hydrogen-bond acceptors (Lipinski definition) is 3. The highest BCUT2D eigenvalue weighted by molar-refractivity contribution is 5.91. The smallest absolute Gasteiger partial charge is 0.246 e. The summed E-state index contributed by atoms with van der Waals surface area (Å²) in [6.45, 7) is 2.02. The summed E-state index contributed by atoms with van der Waals surface area (Å²) in [5.41, 5.74) is 0.750. The van der Waals surface area contributed by atoms with Gasteiger partial charge in [-0.2, -0.15) is 5.26 Å². The van der Waals surface area contributed by atoms with Crippen LogP contribution < -0.4 is 0 Å². The average Bonchev–Trinajstić information content (AvgIpc) is 2.80. The second kappa shape index (κ2) is 8.08. The standard InChI is InChI=1S/C17H18FN3O2/c18-15-5-2-14(3-6-15)4-7-16(22)20-10-1-11-21(13-12-20)17(23)8-9-19/h2-7H,1,8,10-13H2/b7-4+. The minimum atomic E-state index is -0.317. The third kappa shape index (κ3) is 4.92. The molecule has 1 aromatic rings. The number of amides is 2. The summed E-state index contributed by atoms with van der Waals surface area (Å²) in [7, 11) is 0. The minimum Gasteiger partial charge on any atom is -0.340 e. The van der Waals surface area contributed by atoms with Crippen LogP contribution in [-0.2, 0) is 9.59 Å². The first-order valence-electron chi connectivity index (χ1n) is 7.47. The highest BCUT2D eigenvalue weighted by Crippen LogP contribution is 2.08. The van der Waals surface area contributed by atoms with Crippen LogP contribution in [0, 0.1) is 17.1 Å². The maximum atomic E-state index is 12.8. The van der Waals surface area contributed by atoms with E-state index in [1.807, 2.05) is 6.07 Å². The van der Waals surface area contributed by atoms with Crippen LogP contribution in [-0.4, -0.2) is 47.8 Å². The number of nitrogens with zero attached hydrogens (tertiary/aromatic N) is 3. The Morgan fingerprint density at radius 2 is 1.78 bits per heavy atom. The van der Waals surface area contributed by atoms with Crippen LogP contribution in [0.5, 0.6) is 0 Å². The third-order valence-electron chi connectivity index (χ3n) is 3.68. The van der Waals surface area contributed by atoms with Crippen molar-refractivity contribution in [3.63, 3.8) is 0 Å². The van der Waals surface area contributed by atoms with Gasteiger partial charge in [-0.05, 0) is 30.2 Å². The first kappa shape index (κ1) is 16.7. The van der Waals surface area contributed by atoms with Crippen molar-refractivity contribution in [3.8, 4) is 6.07 Å². The van der Waals surface area contributed by atoms with E-state index in [1.54, 1.807) is 28.0 Å². The summed E-state index contributed by atoms with van der Waals surface area (Å²) in [5, 5.41) is 8.58. The Bertz CT molecular complexity index is 634. The Balaban J connectivity index is 1.91. The lowest BCUT2D eigenvalue weighted by Gasteiger charge is -2.20. The molecule has 0 atom stereocenters. The molecule has 1 aliphatic heterocycles. The van der Waals surface area contributed by atoms with E-state index >= 15 is 0 Å². The summed E-state index contributed by atoms with van der Waals surface area (Å²) in [6, 6.07) is 7.74. The van der Waals surface area contributed by atoms with Gasteiger partial charge in [0.15, 0.2) is 0 Å². The predicted molar refractivity (Wildman–Crippen MR) is 83.4 cm³/mol. The first-order chi connectivity index (χ1) is 11.1. The zero-order valence-corrected chi connectivity index (χ0v) is 12.7. The topological polar surface area (TPSA) is 64.4 Å². The Kier molecular flexibility index (Phi) is 5.87. The highest BCUT2D eigenvalue weighted by Gasteiger charge is 2.20. The molecular formula is C17H18FN3O2. The number of rotatable bonds is 3. The van der Waals surface area contributed by atoms with Gasteiger partial charge in [0, 0.05) is 32.3 Å². The van der Waals surface area contributed by atoms with Crippen LogP contribution in [0.3, 0.4) is 0 Å². The van der Waals surface area contributed by atoms with Gasteiger partial charge in [-0.3, -0.25) is 9.59 Å². The molecule has 0 radical (unpaired) electrons. The molecule has 1 heterocycles. The predicted octanol–water partition coefficient (Wildman–Crippen LogP) is 1.81. The number of hydrogen-bond donors (Lipinski definition) is 0. The fourth-order valence-corrected chi connectivity index (χ4v) is 2.41. The molecular weight excluding hydrogens is 297 g/mol. The van der Waals surface area contributed by atoms with E-state index in [2.05, 4.69) is 0 Å². The van der Waals surface area contributed by atoms with Crippen LogP contribution in [0.4, 0.5) is 4.39 Å². The van der Waals surface area contributed by atoms with E-state index in [9.17, 15) is 14.0 Å². The summed E-state index contributed by atoms with van der Waals surface area (Å²) in [6.07, 6.45) is 3.66. The second-order valence-electron chi connectivity index (χ2n) is 5.28. The molecule has 5 nitrogen and oxygen atoms in total. The number of carbonyl (C=O) groups excluding carboxylic acids is 2. The minimum absolute atomic E-state index is 0.127. The fraction of sp³-hybridized carbons (Fsp3) is 0.353. The van der Waals surface area contributed by atoms with Crippen molar-refractivity contribution in [1.29, 1.82) is 5.26 Å². The second-order valence-corrected chi connectivity index (χ2v) is 5.28. The quantitative estimate of drug-likeness (QED) is 0.799. The molecule has 2 rings (SSSR count). The number of benzene rings is 1. The molecule has 0 aliphatic carbocycles. The first-order valence-corrected chi connectivity index (χ1v) is 7.47. The van der Waals surface area contributed by atoms with Crippen LogP contribution in [0.1, 0.15) is 18.4 Å². The van der Waals surface area contributed by atoms with Gasteiger partial charge in [0.05, 0.1) is 6.07 Å². The Hall–Kier alpha value is -2.68. The van der Waals surface area contributed by atoms with Gasteiger partial charge in [-0.1, -0.05) is 12.1 Å². The lowest BCUT2D eigenvalue weighted by atomic mass is 10.2. The monoisotopic (exact) mass is 315 g/mol. The molecule has 0 bridgehead atoms. The maximum Gasteiger partial charge on any atom is 0.246 e. The van der Waals surface area contributed by atoms with Crippen LogP contribution >= 0.6 is 0 Å². The van der Waals surface area contributed by atoms with Crippen LogP contribution in [0.2, 0.25) is 0 Å². The molecule has 0 saturated carbocycles. The zero-order chi connectivity index (χ0) is 16.7. The third-order valence-corrected chi connectivity index (χ3v) is 3.68. The van der Waals surface area contributed by atoms with Crippen molar-refractivity contribution < 1.29 is 14.0 Å². The number of nitriles is 1. The van der Waals surface area contributed by atoms with Crippen LogP contribution in [0.15, 0.2) is 30.3 Å². The average molecular weight is 315 g/mol. The molecule has 1 aromatic carbocycles. The largest absolute Gasteiger partial charge is 0.340 e. The summed E-state index contributed by atoms with van der Waals surface area (Å²) >= 11 is 0. The van der Waals surface area contributed by atoms with E-state index in [1.165, 1.54) is 18.2 Å². The molecule has 2 amide bonds. The normalized spacial score (nSPS) is 15.3. The van der Waals surface area contributed by atoms with Gasteiger partial charge in [-0.25, -0.2) is 4.39 Å². The lowest BCUT2D eigenvalue weighted by molar-refractivity contribution is -0.131. The van der Waals surface area contributed by atoms with Gasteiger partial charge in [-0.15, -0.1) is 0 Å². The van der Waals surface area contributed by atoms with Crippen LogP contribution in [0.25, 0.3) is 6.08 Å². The lowest BCUT2D eigenvalue weighted by Crippen LogP contribution is -2.36. The zero-order valence-electron chi connectivity index (χ0n) is 12.7. The molecule has 6 heteroatoms. The molecule has 1 aliphatic rings. The van der Waals surface area contributed by atoms with Crippen molar-refractivity contribution in [1.82, 2.24) is 9.80 Å². The summed E-state index contributed by atoms with van der Waals surface area (Å²) < 4.78 is 12.8. The SMILES string of the molecule is N#CCC(=O)N1CCCN(C(=O)/C=C/c2ccc(F)cc2)CC1. The van der Waals surface area contributed by atoms with E-state index in [0.717, 1.165) is 5.56 Å². The molecule has 23 heavy (non-hydrogen) atoms. The maximum absolute atomic E-state index is 12.8. The van der Waals surface area contributed by atoms with E-state index in [4.69, 9.17) is 5.26 Å². The van der Waals surface area contributed by atoms with Gasteiger partial charge in [0.2, 0.25) is 11.8 Å². The Morgan fingerprint density at radius 3 is 2.48 bits per heavy atom. The van der Waals surface area contributed by atoms with Crippen molar-refractivity contribution in [2.75, 3.05) is 26.2 Å². The Labute approximate surface area is 134 Å². The van der Waals surface area contributed by atoms with Gasteiger partial charge >= 0.3 is 0 Å². The van der Waals surface area contributed by atoms with Crippen molar-refractivity contribution >= 4 is 17.9 Å². The number of halogens is 1. The molecule has 0 spiro atoms. The summed E-state index contributed by atoms with van der Waals surface area (Å²) in [4.78, 5) is 27.2. The fourth-order valence-electron chi connectivity index (χ4n) is 2.41. The van der Waals surface area contributed by atoms with Gasteiger partial charge < -0.3 is 9.80 Å². The molecule has 0 unspecified atom stereocenters. The Morgan fingerprint density at radius 1 is 1.13 bits per heavy atom. The molecule has 0 aromatic heterocycles. The van der Waals surface area contributed by atoms with Gasteiger partial charge in [0.25, 0.3) is 0 Å². The summed E-state index contributed by atoms with van der Waals surface area (Å²) in [5.74, 6) is -0.643. The molecule has 1 fully saturated rings.